The van der Waals surface area contributed by atoms with Crippen LogP contribution in [0.25, 0.3) is 17.0 Å². The van der Waals surface area contributed by atoms with Gasteiger partial charge in [-0.15, -0.1) is 0 Å². The Morgan fingerprint density at radius 3 is 2.25 bits per heavy atom. The highest BCUT2D eigenvalue weighted by Gasteiger charge is 2.19. The highest BCUT2D eigenvalue weighted by Crippen LogP contribution is 2.37. The van der Waals surface area contributed by atoms with Crippen molar-refractivity contribution in [2.24, 2.45) is 7.05 Å². The van der Waals surface area contributed by atoms with Gasteiger partial charge in [-0.2, -0.15) is 0 Å². The van der Waals surface area contributed by atoms with Gasteiger partial charge in [0.1, 0.15) is 11.3 Å². The molecule has 0 radical (unpaired) electrons. The van der Waals surface area contributed by atoms with Crippen LogP contribution in [0.1, 0.15) is 15.9 Å². The summed E-state index contributed by atoms with van der Waals surface area (Å²) in [5, 5.41) is 20.8. The molecule has 28 heavy (non-hydrogen) atoms. The molecule has 0 saturated heterocycles. The zero-order valence-corrected chi connectivity index (χ0v) is 15.6. The average molecular weight is 381 g/mol. The van der Waals surface area contributed by atoms with Crippen LogP contribution in [0.2, 0.25) is 0 Å². The predicted molar refractivity (Wildman–Crippen MR) is 105 cm³/mol. The summed E-state index contributed by atoms with van der Waals surface area (Å²) >= 11 is 0. The number of para-hydroxylation sites is 1. The van der Waals surface area contributed by atoms with E-state index >= 15 is 0 Å². The first-order valence-electron chi connectivity index (χ1n) is 8.37. The topological polar surface area (TPSA) is 98.0 Å². The lowest BCUT2D eigenvalue weighted by Crippen LogP contribution is -2.24. The number of carbonyl (C=O) groups is 1. The van der Waals surface area contributed by atoms with Gasteiger partial charge in [0, 0.05) is 12.4 Å². The summed E-state index contributed by atoms with van der Waals surface area (Å²) in [5.74, 6) is -0.801. The van der Waals surface area contributed by atoms with E-state index in [0.717, 1.165) is 0 Å². The normalized spacial score (nSPS) is 11.1. The lowest BCUT2D eigenvalue weighted by atomic mass is 10.1. The molecule has 7 heteroatoms. The zero-order chi connectivity index (χ0) is 20.4. The maximum atomic E-state index is 12.7. The fourth-order valence-corrected chi connectivity index (χ4v) is 2.97. The van der Waals surface area contributed by atoms with Crippen LogP contribution in [-0.4, -0.2) is 34.8 Å². The van der Waals surface area contributed by atoms with E-state index < -0.39 is 11.3 Å². The van der Waals surface area contributed by atoms with Gasteiger partial charge in [-0.3, -0.25) is 9.59 Å². The number of allylic oxidation sites excluding steroid dienone is 1. The number of ketones is 1. The molecule has 0 fully saturated rings. The molecule has 0 unspecified atom stereocenters. The van der Waals surface area contributed by atoms with E-state index in [2.05, 4.69) is 0 Å². The number of rotatable bonds is 5. The van der Waals surface area contributed by atoms with E-state index in [4.69, 9.17) is 9.47 Å². The quantitative estimate of drug-likeness (QED) is 0.521. The molecule has 1 aromatic heterocycles. The van der Waals surface area contributed by atoms with Gasteiger partial charge in [0.2, 0.25) is 5.75 Å². The van der Waals surface area contributed by atoms with Crippen molar-refractivity contribution in [2.75, 3.05) is 14.2 Å². The summed E-state index contributed by atoms with van der Waals surface area (Å²) in [6.45, 7) is 0. The maximum Gasteiger partial charge on any atom is 0.265 e. The first-order chi connectivity index (χ1) is 13.4. The van der Waals surface area contributed by atoms with Crippen LogP contribution in [-0.2, 0) is 7.05 Å². The molecule has 0 aliphatic carbocycles. The molecule has 0 saturated carbocycles. The number of phenolic OH excluding ortho intramolecular Hbond substituents is 1. The highest BCUT2D eigenvalue weighted by molar-refractivity contribution is 6.11. The Morgan fingerprint density at radius 1 is 1.04 bits per heavy atom. The van der Waals surface area contributed by atoms with Gasteiger partial charge in [-0.05, 0) is 35.9 Å². The zero-order valence-electron chi connectivity index (χ0n) is 15.6. The van der Waals surface area contributed by atoms with Gasteiger partial charge in [0.25, 0.3) is 5.56 Å². The van der Waals surface area contributed by atoms with E-state index in [1.165, 1.54) is 43.1 Å². The monoisotopic (exact) mass is 381 g/mol. The van der Waals surface area contributed by atoms with E-state index in [9.17, 15) is 19.8 Å². The number of hydrogen-bond acceptors (Lipinski definition) is 6. The summed E-state index contributed by atoms with van der Waals surface area (Å²) in [6.07, 6.45) is 2.62. The molecule has 0 aliphatic heterocycles. The number of aryl methyl sites for hydroxylation is 1. The van der Waals surface area contributed by atoms with Crippen molar-refractivity contribution in [3.63, 3.8) is 0 Å². The third-order valence-corrected chi connectivity index (χ3v) is 4.45. The third kappa shape index (κ3) is 3.18. The highest BCUT2D eigenvalue weighted by atomic mass is 16.5. The summed E-state index contributed by atoms with van der Waals surface area (Å²) in [4.78, 5) is 25.2. The fourth-order valence-electron chi connectivity index (χ4n) is 2.97. The van der Waals surface area contributed by atoms with Gasteiger partial charge >= 0.3 is 0 Å². The van der Waals surface area contributed by atoms with Crippen LogP contribution in [0, 0.1) is 0 Å². The molecule has 0 bridgehead atoms. The first-order valence-corrected chi connectivity index (χ1v) is 8.37. The molecular weight excluding hydrogens is 362 g/mol. The van der Waals surface area contributed by atoms with Crippen molar-refractivity contribution in [1.82, 2.24) is 4.57 Å². The van der Waals surface area contributed by atoms with Gasteiger partial charge in [-0.1, -0.05) is 18.2 Å². The third-order valence-electron chi connectivity index (χ3n) is 4.45. The number of hydrogen-bond donors (Lipinski definition) is 2. The Morgan fingerprint density at radius 2 is 1.64 bits per heavy atom. The number of ether oxygens (including phenoxy) is 2. The molecule has 3 rings (SSSR count). The van der Waals surface area contributed by atoms with Crippen molar-refractivity contribution in [3.8, 4) is 23.0 Å². The van der Waals surface area contributed by atoms with Crippen LogP contribution in [0.4, 0.5) is 0 Å². The Labute approximate surface area is 160 Å². The summed E-state index contributed by atoms with van der Waals surface area (Å²) in [6, 6.07) is 9.82. The predicted octanol–water partition coefficient (Wildman–Crippen LogP) is 2.86. The van der Waals surface area contributed by atoms with Gasteiger partial charge in [0.05, 0.1) is 19.7 Å². The number of nitrogens with zero attached hydrogens (tertiary/aromatic N) is 1. The minimum atomic E-state index is -0.644. The van der Waals surface area contributed by atoms with Crippen LogP contribution >= 0.6 is 0 Å². The first kappa shape index (κ1) is 19.0. The van der Waals surface area contributed by atoms with Gasteiger partial charge < -0.3 is 24.3 Å². The molecule has 2 N–H and O–H groups in total. The number of pyridine rings is 1. The largest absolute Gasteiger partial charge is 0.506 e. The SMILES string of the molecule is COc1cc(/C=C/C(=O)c2c(O)c3ccccc3n(C)c2=O)cc(OC)c1O. The van der Waals surface area contributed by atoms with Crippen LogP contribution in [0.3, 0.4) is 0 Å². The maximum absolute atomic E-state index is 12.7. The molecule has 7 nitrogen and oxygen atoms in total. The molecule has 0 aliphatic rings. The lowest BCUT2D eigenvalue weighted by Gasteiger charge is -2.10. The molecule has 1 heterocycles. The van der Waals surface area contributed by atoms with Crippen LogP contribution in [0.15, 0.2) is 47.3 Å². The molecule has 3 aromatic rings. The van der Waals surface area contributed by atoms with E-state index in [1.807, 2.05) is 0 Å². The van der Waals surface area contributed by atoms with Crippen molar-refractivity contribution in [3.05, 3.63) is 64.0 Å². The van der Waals surface area contributed by atoms with E-state index in [-0.39, 0.29) is 28.6 Å². The number of benzene rings is 2. The van der Waals surface area contributed by atoms with Crippen molar-refractivity contribution in [1.29, 1.82) is 0 Å². The standard InChI is InChI=1S/C21H19NO6/c1-22-14-7-5-4-6-13(14)19(24)18(21(22)26)15(23)9-8-12-10-16(27-2)20(25)17(11-12)28-3/h4-11,24-25H,1-3H3/b9-8+. The number of carbonyl (C=O) groups excluding carboxylic acids is 1. The Hall–Kier alpha value is -3.74. The van der Waals surface area contributed by atoms with Crippen molar-refractivity contribution in [2.45, 2.75) is 0 Å². The fraction of sp³-hybridized carbons (Fsp3) is 0.143. The minimum absolute atomic E-state index is 0.158. The molecule has 0 atom stereocenters. The van der Waals surface area contributed by atoms with E-state index in [1.54, 1.807) is 31.3 Å². The Bertz CT molecular complexity index is 1130. The minimum Gasteiger partial charge on any atom is -0.506 e. The van der Waals surface area contributed by atoms with E-state index in [0.29, 0.717) is 16.5 Å². The second-order valence-corrected chi connectivity index (χ2v) is 6.08. The number of fused-ring (bicyclic) bond motifs is 1. The number of aromatic nitrogens is 1. The number of methoxy groups -OCH3 is 2. The van der Waals surface area contributed by atoms with Crippen LogP contribution < -0.4 is 15.0 Å². The van der Waals surface area contributed by atoms with Crippen LogP contribution in [0.5, 0.6) is 23.0 Å². The molecular formula is C21H19NO6. The second kappa shape index (κ2) is 7.48. The summed E-state index contributed by atoms with van der Waals surface area (Å²) in [7, 11) is 4.33. The summed E-state index contributed by atoms with van der Waals surface area (Å²) < 4.78 is 11.5. The Balaban J connectivity index is 2.06. The molecule has 144 valence electrons. The molecule has 0 spiro atoms. The lowest BCUT2D eigenvalue weighted by molar-refractivity contribution is 0.104. The average Bonchev–Trinajstić information content (AvgIpc) is 2.71. The number of phenols is 1. The smallest absolute Gasteiger partial charge is 0.265 e. The second-order valence-electron chi connectivity index (χ2n) is 6.08. The molecule has 2 aromatic carbocycles. The number of aromatic hydroxyl groups is 2. The van der Waals surface area contributed by atoms with Gasteiger partial charge in [-0.25, -0.2) is 0 Å². The van der Waals surface area contributed by atoms with Crippen molar-refractivity contribution < 1.29 is 24.5 Å². The molecule has 0 amide bonds. The van der Waals surface area contributed by atoms with Crippen molar-refractivity contribution >= 4 is 22.8 Å². The Kier molecular flexibility index (Phi) is 5.08. The summed E-state index contributed by atoms with van der Waals surface area (Å²) in [5.41, 5.74) is 0.136. The van der Waals surface area contributed by atoms with Gasteiger partial charge in [0.15, 0.2) is 17.3 Å².